The molecule has 1 aliphatic rings. The van der Waals surface area contributed by atoms with Crippen LogP contribution in [-0.2, 0) is 9.53 Å². The zero-order valence-corrected chi connectivity index (χ0v) is 16.0. The highest BCUT2D eigenvalue weighted by Gasteiger charge is 2.42. The maximum atomic E-state index is 12.9. The van der Waals surface area contributed by atoms with Crippen LogP contribution in [0.3, 0.4) is 0 Å². The first kappa shape index (κ1) is 21.1. The van der Waals surface area contributed by atoms with E-state index in [4.69, 9.17) is 33.7 Å². The van der Waals surface area contributed by atoms with Gasteiger partial charge in [0.25, 0.3) is 5.91 Å². The quantitative estimate of drug-likeness (QED) is 0.739. The summed E-state index contributed by atoms with van der Waals surface area (Å²) in [7, 11) is 0. The fourth-order valence-electron chi connectivity index (χ4n) is 2.96. The summed E-state index contributed by atoms with van der Waals surface area (Å²) in [6.45, 7) is -0.254. The van der Waals surface area contributed by atoms with E-state index in [9.17, 15) is 22.8 Å². The number of carbonyl (C=O) groups excluding carboxylic acids is 2. The van der Waals surface area contributed by atoms with Crippen LogP contribution in [0.15, 0.2) is 42.5 Å². The second-order valence-electron chi connectivity index (χ2n) is 6.11. The van der Waals surface area contributed by atoms with E-state index in [1.807, 2.05) is 0 Å². The van der Waals surface area contributed by atoms with Gasteiger partial charge in [0.1, 0.15) is 5.75 Å². The van der Waals surface area contributed by atoms with Crippen molar-refractivity contribution in [1.29, 1.82) is 0 Å². The number of carbonyl (C=O) groups is 2. The molecule has 1 fully saturated rings. The average Bonchev–Trinajstić information content (AvgIpc) is 2.99. The number of nitrogens with zero attached hydrogens (tertiary/aromatic N) is 1. The number of primary amides is 1. The lowest BCUT2D eigenvalue weighted by Crippen LogP contribution is -2.35. The summed E-state index contributed by atoms with van der Waals surface area (Å²) < 4.78 is 47.9. The van der Waals surface area contributed by atoms with Gasteiger partial charge in [0, 0.05) is 15.6 Å². The summed E-state index contributed by atoms with van der Waals surface area (Å²) in [6, 6.07) is 8.64. The third-order valence-corrected chi connectivity index (χ3v) is 4.64. The topological polar surface area (TPSA) is 81.9 Å². The molecule has 1 saturated heterocycles. The minimum atomic E-state index is -4.99. The Morgan fingerprint density at radius 2 is 1.79 bits per heavy atom. The van der Waals surface area contributed by atoms with Crippen molar-refractivity contribution in [3.8, 4) is 5.75 Å². The first-order chi connectivity index (χ1) is 13.5. The van der Waals surface area contributed by atoms with Crippen molar-refractivity contribution in [2.24, 2.45) is 5.73 Å². The number of rotatable bonds is 5. The average molecular weight is 449 g/mol. The van der Waals surface area contributed by atoms with Crippen LogP contribution in [0.4, 0.5) is 18.0 Å². The first-order valence-electron chi connectivity index (χ1n) is 8.12. The molecule has 2 N–H and O–H groups in total. The number of nitrogens with two attached hydrogens (primary N) is 1. The molecule has 6 nitrogen and oxygen atoms in total. The van der Waals surface area contributed by atoms with Gasteiger partial charge in [-0.1, -0.05) is 41.4 Å². The van der Waals surface area contributed by atoms with Gasteiger partial charge in [0.2, 0.25) is 0 Å². The standard InChI is InChI=1S/C18H13Cl2F3N2O4/c19-10-3-1-9(2-4-10)15(25-8-14(16(24)26)28-17(25)27)12-6-5-11(20)7-13(12)29-18(21,22)23/h1-7,14-15H,8H2,(H2,24,26)/t14?,15-/m0/s1. The zero-order valence-electron chi connectivity index (χ0n) is 14.5. The SMILES string of the molecule is NC(=O)C1CN([C@@H](c2ccc(Cl)cc2)c2ccc(Cl)cc2OC(F)(F)F)C(=O)O1. The van der Waals surface area contributed by atoms with Gasteiger partial charge in [-0.05, 0) is 29.8 Å². The molecule has 2 aromatic carbocycles. The van der Waals surface area contributed by atoms with Crippen LogP contribution in [0, 0.1) is 0 Å². The Kier molecular flexibility index (Phi) is 5.81. The Balaban J connectivity index is 2.13. The Hall–Kier alpha value is -2.65. The Labute approximate surface area is 172 Å². The van der Waals surface area contributed by atoms with Gasteiger partial charge in [-0.15, -0.1) is 13.2 Å². The van der Waals surface area contributed by atoms with Gasteiger partial charge in [-0.3, -0.25) is 9.69 Å². The van der Waals surface area contributed by atoms with Gasteiger partial charge >= 0.3 is 12.5 Å². The molecular formula is C18H13Cl2F3N2O4. The molecule has 29 heavy (non-hydrogen) atoms. The second kappa shape index (κ2) is 8.00. The van der Waals surface area contributed by atoms with E-state index < -0.39 is 36.3 Å². The van der Waals surface area contributed by atoms with Gasteiger partial charge in [0.15, 0.2) is 6.10 Å². The number of hydrogen-bond donors (Lipinski definition) is 1. The van der Waals surface area contributed by atoms with E-state index in [0.717, 1.165) is 11.0 Å². The molecule has 0 saturated carbocycles. The van der Waals surface area contributed by atoms with Gasteiger partial charge in [0.05, 0.1) is 12.6 Å². The fourth-order valence-corrected chi connectivity index (χ4v) is 3.25. The molecule has 154 valence electrons. The third-order valence-electron chi connectivity index (χ3n) is 4.15. The lowest BCUT2D eigenvalue weighted by Gasteiger charge is -2.28. The summed E-state index contributed by atoms with van der Waals surface area (Å²) in [6.07, 6.45) is -7.15. The summed E-state index contributed by atoms with van der Waals surface area (Å²) in [5.41, 5.74) is 5.59. The van der Waals surface area contributed by atoms with E-state index in [0.29, 0.717) is 10.6 Å². The lowest BCUT2D eigenvalue weighted by molar-refractivity contribution is -0.275. The molecule has 0 aliphatic carbocycles. The van der Waals surface area contributed by atoms with Crippen LogP contribution in [0.2, 0.25) is 10.0 Å². The molecule has 0 spiro atoms. The summed E-state index contributed by atoms with van der Waals surface area (Å²) >= 11 is 11.7. The van der Waals surface area contributed by atoms with E-state index in [1.54, 1.807) is 0 Å². The van der Waals surface area contributed by atoms with E-state index in [-0.39, 0.29) is 17.1 Å². The lowest BCUT2D eigenvalue weighted by atomic mass is 9.96. The van der Waals surface area contributed by atoms with Crippen LogP contribution in [-0.4, -0.2) is 35.9 Å². The Bertz CT molecular complexity index is 938. The Morgan fingerprint density at radius 3 is 2.34 bits per heavy atom. The number of halogens is 5. The third kappa shape index (κ3) is 4.86. The van der Waals surface area contributed by atoms with Crippen molar-refractivity contribution in [3.63, 3.8) is 0 Å². The number of alkyl halides is 3. The summed E-state index contributed by atoms with van der Waals surface area (Å²) in [4.78, 5) is 24.9. The maximum Gasteiger partial charge on any atom is 0.573 e. The van der Waals surface area contributed by atoms with Crippen molar-refractivity contribution in [3.05, 3.63) is 63.6 Å². The van der Waals surface area contributed by atoms with Crippen LogP contribution in [0.5, 0.6) is 5.75 Å². The fraction of sp³-hybridized carbons (Fsp3) is 0.222. The second-order valence-corrected chi connectivity index (χ2v) is 6.98. The molecule has 3 rings (SSSR count). The molecule has 11 heteroatoms. The number of cyclic esters (lactones) is 1. The van der Waals surface area contributed by atoms with Crippen molar-refractivity contribution in [2.75, 3.05) is 6.54 Å². The molecule has 1 aliphatic heterocycles. The van der Waals surface area contributed by atoms with Crippen LogP contribution < -0.4 is 10.5 Å². The number of benzene rings is 2. The predicted molar refractivity (Wildman–Crippen MR) is 97.6 cm³/mol. The largest absolute Gasteiger partial charge is 0.573 e. The smallest absolute Gasteiger partial charge is 0.434 e. The van der Waals surface area contributed by atoms with Gasteiger partial charge < -0.3 is 15.2 Å². The highest BCUT2D eigenvalue weighted by atomic mass is 35.5. The zero-order chi connectivity index (χ0) is 21.3. The van der Waals surface area contributed by atoms with Crippen molar-refractivity contribution in [1.82, 2.24) is 4.90 Å². The molecule has 1 heterocycles. The molecule has 2 aromatic rings. The molecule has 1 unspecified atom stereocenters. The number of amides is 2. The van der Waals surface area contributed by atoms with Crippen molar-refractivity contribution in [2.45, 2.75) is 18.5 Å². The highest BCUT2D eigenvalue weighted by Crippen LogP contribution is 2.40. The number of hydrogen-bond acceptors (Lipinski definition) is 4. The Morgan fingerprint density at radius 1 is 1.17 bits per heavy atom. The molecule has 2 amide bonds. The summed E-state index contributed by atoms with van der Waals surface area (Å²) in [5, 5.41) is 0.385. The number of ether oxygens (including phenoxy) is 2. The predicted octanol–water partition coefficient (Wildman–Crippen LogP) is 4.29. The highest BCUT2D eigenvalue weighted by molar-refractivity contribution is 6.31. The van der Waals surface area contributed by atoms with E-state index >= 15 is 0 Å². The molecule has 0 bridgehead atoms. The van der Waals surface area contributed by atoms with Crippen molar-refractivity contribution >= 4 is 35.2 Å². The minimum absolute atomic E-state index is 0.00173. The molecular weight excluding hydrogens is 436 g/mol. The van der Waals surface area contributed by atoms with Gasteiger partial charge in [-0.2, -0.15) is 0 Å². The minimum Gasteiger partial charge on any atom is -0.434 e. The van der Waals surface area contributed by atoms with E-state index in [1.165, 1.54) is 36.4 Å². The molecule has 2 atom stereocenters. The van der Waals surface area contributed by atoms with E-state index in [2.05, 4.69) is 4.74 Å². The molecule has 0 aromatic heterocycles. The maximum absolute atomic E-state index is 12.9. The van der Waals surface area contributed by atoms with Crippen LogP contribution in [0.25, 0.3) is 0 Å². The van der Waals surface area contributed by atoms with Crippen LogP contribution >= 0.6 is 23.2 Å². The molecule has 0 radical (unpaired) electrons. The monoisotopic (exact) mass is 448 g/mol. The summed E-state index contributed by atoms with van der Waals surface area (Å²) in [5.74, 6) is -1.47. The van der Waals surface area contributed by atoms with Crippen molar-refractivity contribution < 1.29 is 32.2 Å². The van der Waals surface area contributed by atoms with Gasteiger partial charge in [-0.25, -0.2) is 4.79 Å². The first-order valence-corrected chi connectivity index (χ1v) is 8.88. The normalized spacial score (nSPS) is 17.8. The van der Waals surface area contributed by atoms with Crippen LogP contribution in [0.1, 0.15) is 17.2 Å².